The summed E-state index contributed by atoms with van der Waals surface area (Å²) in [6.07, 6.45) is 2.78. The van der Waals surface area contributed by atoms with Crippen LogP contribution in [0.25, 0.3) is 0 Å². The molecule has 2 atom stereocenters. The minimum absolute atomic E-state index is 0.0829. The molecule has 3 nitrogen and oxygen atoms in total. The van der Waals surface area contributed by atoms with E-state index in [9.17, 15) is 4.79 Å². The molecule has 0 spiro atoms. The lowest BCUT2D eigenvalue weighted by atomic mass is 9.93. The van der Waals surface area contributed by atoms with Gasteiger partial charge in [0, 0.05) is 12.6 Å². The van der Waals surface area contributed by atoms with Crippen LogP contribution >= 0.6 is 0 Å². The van der Waals surface area contributed by atoms with E-state index in [2.05, 4.69) is 18.4 Å². The van der Waals surface area contributed by atoms with Crippen LogP contribution in [-0.4, -0.2) is 36.1 Å². The molecule has 0 aromatic heterocycles. The van der Waals surface area contributed by atoms with Gasteiger partial charge in [0.05, 0.1) is 7.11 Å². The van der Waals surface area contributed by atoms with Gasteiger partial charge < -0.3 is 4.74 Å². The lowest BCUT2D eigenvalue weighted by molar-refractivity contribution is -0.152. The summed E-state index contributed by atoms with van der Waals surface area (Å²) in [6.45, 7) is 7.01. The Morgan fingerprint density at radius 2 is 2.43 bits per heavy atom. The Labute approximate surface area is 84.7 Å². The zero-order valence-corrected chi connectivity index (χ0v) is 8.88. The highest BCUT2D eigenvalue weighted by atomic mass is 16.5. The summed E-state index contributed by atoms with van der Waals surface area (Å²) in [7, 11) is 1.47. The second-order valence-electron chi connectivity index (χ2n) is 4.47. The Kier molecular flexibility index (Phi) is 2.14. The van der Waals surface area contributed by atoms with Crippen LogP contribution in [0, 0.1) is 0 Å². The van der Waals surface area contributed by atoms with Crippen LogP contribution in [0.1, 0.15) is 26.2 Å². The fourth-order valence-corrected chi connectivity index (χ4v) is 2.86. The molecule has 2 aliphatic heterocycles. The first kappa shape index (κ1) is 9.71. The average Bonchev–Trinajstić information content (AvgIpc) is 2.64. The Balaban J connectivity index is 2.31. The summed E-state index contributed by atoms with van der Waals surface area (Å²) >= 11 is 0. The van der Waals surface area contributed by atoms with Crippen LogP contribution in [0.3, 0.4) is 0 Å². The first-order valence-electron chi connectivity index (χ1n) is 5.12. The average molecular weight is 195 g/mol. The molecule has 0 bridgehead atoms. The van der Waals surface area contributed by atoms with Gasteiger partial charge in [-0.2, -0.15) is 0 Å². The Bertz CT molecular complexity index is 287. The van der Waals surface area contributed by atoms with Crippen LogP contribution in [0.4, 0.5) is 0 Å². The largest absolute Gasteiger partial charge is 0.468 e. The summed E-state index contributed by atoms with van der Waals surface area (Å²) in [4.78, 5) is 14.1. The standard InChI is InChI=1S/C11H17NO2/c1-8-6-11(10(13)14-3)5-4-9(2)12(11)7-8/h9H,1,4-7H2,2-3H3. The normalized spacial score (nSPS) is 37.3. The van der Waals surface area contributed by atoms with Crippen molar-refractivity contribution in [3.05, 3.63) is 12.2 Å². The van der Waals surface area contributed by atoms with E-state index in [0.29, 0.717) is 6.04 Å². The van der Waals surface area contributed by atoms with Gasteiger partial charge in [0.1, 0.15) is 5.54 Å². The first-order valence-corrected chi connectivity index (χ1v) is 5.12. The molecule has 2 saturated heterocycles. The van der Waals surface area contributed by atoms with Gasteiger partial charge >= 0.3 is 5.97 Å². The minimum Gasteiger partial charge on any atom is -0.468 e. The third-order valence-electron chi connectivity index (χ3n) is 3.56. The number of methoxy groups -OCH3 is 1. The van der Waals surface area contributed by atoms with E-state index in [1.807, 2.05) is 0 Å². The van der Waals surface area contributed by atoms with Crippen molar-refractivity contribution in [2.45, 2.75) is 37.8 Å². The van der Waals surface area contributed by atoms with E-state index in [1.54, 1.807) is 0 Å². The molecule has 78 valence electrons. The van der Waals surface area contributed by atoms with Crippen LogP contribution in [0.2, 0.25) is 0 Å². The van der Waals surface area contributed by atoms with Gasteiger partial charge in [-0.25, -0.2) is 0 Å². The van der Waals surface area contributed by atoms with Crippen molar-refractivity contribution in [3.8, 4) is 0 Å². The van der Waals surface area contributed by atoms with Crippen molar-refractivity contribution in [1.82, 2.24) is 4.90 Å². The molecule has 0 aromatic carbocycles. The van der Waals surface area contributed by atoms with Gasteiger partial charge in [-0.15, -0.1) is 0 Å². The second kappa shape index (κ2) is 3.09. The molecule has 2 aliphatic rings. The van der Waals surface area contributed by atoms with Crippen molar-refractivity contribution in [2.75, 3.05) is 13.7 Å². The highest BCUT2D eigenvalue weighted by Gasteiger charge is 2.54. The van der Waals surface area contributed by atoms with Crippen LogP contribution in [0.5, 0.6) is 0 Å². The molecule has 2 fully saturated rings. The van der Waals surface area contributed by atoms with Crippen LogP contribution in [0.15, 0.2) is 12.2 Å². The van der Waals surface area contributed by atoms with Gasteiger partial charge in [0.15, 0.2) is 0 Å². The molecule has 0 amide bonds. The fraction of sp³-hybridized carbons (Fsp3) is 0.727. The topological polar surface area (TPSA) is 29.5 Å². The second-order valence-corrected chi connectivity index (χ2v) is 4.47. The molecule has 2 unspecified atom stereocenters. The predicted octanol–water partition coefficient (Wildman–Crippen LogP) is 1.34. The predicted molar refractivity (Wildman–Crippen MR) is 53.9 cm³/mol. The molecule has 0 aliphatic carbocycles. The Morgan fingerprint density at radius 3 is 3.07 bits per heavy atom. The van der Waals surface area contributed by atoms with E-state index in [4.69, 9.17) is 4.74 Å². The molecule has 14 heavy (non-hydrogen) atoms. The van der Waals surface area contributed by atoms with Crippen LogP contribution in [-0.2, 0) is 9.53 Å². The Hall–Kier alpha value is -0.830. The lowest BCUT2D eigenvalue weighted by Gasteiger charge is -2.30. The van der Waals surface area contributed by atoms with Gasteiger partial charge in [0.2, 0.25) is 0 Å². The molecule has 2 heterocycles. The highest BCUT2D eigenvalue weighted by molar-refractivity contribution is 5.82. The highest BCUT2D eigenvalue weighted by Crippen LogP contribution is 2.44. The summed E-state index contributed by atoms with van der Waals surface area (Å²) < 4.78 is 4.91. The zero-order valence-electron chi connectivity index (χ0n) is 8.88. The fourth-order valence-electron chi connectivity index (χ4n) is 2.86. The number of hydrogen-bond donors (Lipinski definition) is 0. The zero-order chi connectivity index (χ0) is 10.3. The number of esters is 1. The third-order valence-corrected chi connectivity index (χ3v) is 3.56. The summed E-state index contributed by atoms with van der Waals surface area (Å²) in [5, 5.41) is 0. The van der Waals surface area contributed by atoms with Gasteiger partial charge in [0.25, 0.3) is 0 Å². The molecule has 2 rings (SSSR count). The molecular weight excluding hydrogens is 178 g/mol. The molecule has 0 radical (unpaired) electrons. The van der Waals surface area contributed by atoms with Crippen molar-refractivity contribution in [2.24, 2.45) is 0 Å². The Morgan fingerprint density at radius 1 is 1.71 bits per heavy atom. The van der Waals surface area contributed by atoms with E-state index >= 15 is 0 Å². The smallest absolute Gasteiger partial charge is 0.326 e. The van der Waals surface area contributed by atoms with Gasteiger partial charge in [-0.3, -0.25) is 9.69 Å². The maximum absolute atomic E-state index is 11.8. The lowest BCUT2D eigenvalue weighted by Crippen LogP contribution is -2.48. The maximum atomic E-state index is 11.8. The van der Waals surface area contributed by atoms with E-state index in [-0.39, 0.29) is 11.5 Å². The van der Waals surface area contributed by atoms with Crippen molar-refractivity contribution in [1.29, 1.82) is 0 Å². The number of fused-ring (bicyclic) bond motifs is 1. The van der Waals surface area contributed by atoms with E-state index < -0.39 is 0 Å². The SMILES string of the molecule is C=C1CN2C(C)CCC2(C(=O)OC)C1. The molecule has 0 aromatic rings. The third kappa shape index (κ3) is 1.12. The first-order chi connectivity index (χ1) is 6.60. The van der Waals surface area contributed by atoms with Crippen molar-refractivity contribution in [3.63, 3.8) is 0 Å². The number of hydrogen-bond acceptors (Lipinski definition) is 3. The van der Waals surface area contributed by atoms with Crippen molar-refractivity contribution >= 4 is 5.97 Å². The van der Waals surface area contributed by atoms with Gasteiger partial charge in [-0.1, -0.05) is 12.2 Å². The summed E-state index contributed by atoms with van der Waals surface area (Å²) in [5.41, 5.74) is 0.785. The van der Waals surface area contributed by atoms with E-state index in [0.717, 1.165) is 31.4 Å². The number of ether oxygens (including phenoxy) is 1. The molecular formula is C11H17NO2. The van der Waals surface area contributed by atoms with E-state index in [1.165, 1.54) is 7.11 Å². The summed E-state index contributed by atoms with van der Waals surface area (Å²) in [5.74, 6) is -0.0829. The molecule has 0 saturated carbocycles. The monoisotopic (exact) mass is 195 g/mol. The molecule has 3 heteroatoms. The summed E-state index contributed by atoms with van der Waals surface area (Å²) in [6, 6.07) is 0.480. The number of carbonyl (C=O) groups excluding carboxylic acids is 1. The quantitative estimate of drug-likeness (QED) is 0.467. The van der Waals surface area contributed by atoms with Gasteiger partial charge in [-0.05, 0) is 26.2 Å². The number of rotatable bonds is 1. The number of carbonyl (C=O) groups is 1. The minimum atomic E-state index is -0.370. The van der Waals surface area contributed by atoms with Crippen LogP contribution < -0.4 is 0 Å². The molecule has 0 N–H and O–H groups in total. The van der Waals surface area contributed by atoms with Crippen molar-refractivity contribution < 1.29 is 9.53 Å². The number of nitrogens with zero attached hydrogens (tertiary/aromatic N) is 1. The maximum Gasteiger partial charge on any atom is 0.326 e.